The summed E-state index contributed by atoms with van der Waals surface area (Å²) in [6, 6.07) is 0.194. The largest absolute Gasteiger partial charge is 0.392 e. The minimum absolute atomic E-state index is 0.123. The van der Waals surface area contributed by atoms with Crippen molar-refractivity contribution in [2.24, 2.45) is 0 Å². The zero-order chi connectivity index (χ0) is 15.8. The summed E-state index contributed by atoms with van der Waals surface area (Å²) in [4.78, 5) is 14.0. The average Bonchev–Trinajstić information content (AvgIpc) is 2.82. The van der Waals surface area contributed by atoms with Crippen molar-refractivity contribution >= 4 is 22.4 Å². The van der Waals surface area contributed by atoms with Crippen LogP contribution in [0.25, 0.3) is 0 Å². The number of carbonyl (C=O) groups excluding carboxylic acids is 1. The van der Waals surface area contributed by atoms with Gasteiger partial charge in [-0.2, -0.15) is 0 Å². The van der Waals surface area contributed by atoms with E-state index < -0.39 is 6.10 Å². The lowest BCUT2D eigenvalue weighted by Gasteiger charge is -2.26. The molecule has 0 saturated heterocycles. The maximum Gasteiger partial charge on any atom is 0.240 e. The van der Waals surface area contributed by atoms with Gasteiger partial charge >= 0.3 is 0 Å². The summed E-state index contributed by atoms with van der Waals surface area (Å²) in [5.74, 6) is -0.123. The quantitative estimate of drug-likeness (QED) is 0.728. The van der Waals surface area contributed by atoms with Crippen LogP contribution >= 0.6 is 11.3 Å². The van der Waals surface area contributed by atoms with Gasteiger partial charge in [0.2, 0.25) is 11.0 Å². The lowest BCUT2D eigenvalue weighted by Crippen LogP contribution is -2.41. The summed E-state index contributed by atoms with van der Waals surface area (Å²) < 4.78 is 0. The maximum absolute atomic E-state index is 12.0. The molecule has 21 heavy (non-hydrogen) atoms. The lowest BCUT2D eigenvalue weighted by molar-refractivity contribution is -0.118. The number of aromatic nitrogens is 2. The Balaban J connectivity index is 2.49. The molecule has 0 aromatic carbocycles. The highest BCUT2D eigenvalue weighted by molar-refractivity contribution is 7.15. The van der Waals surface area contributed by atoms with Crippen LogP contribution in [0.3, 0.4) is 0 Å². The van der Waals surface area contributed by atoms with E-state index in [-0.39, 0.29) is 18.5 Å². The van der Waals surface area contributed by atoms with Gasteiger partial charge in [0.25, 0.3) is 0 Å². The second-order valence-corrected chi connectivity index (χ2v) is 6.59. The molecule has 0 spiro atoms. The van der Waals surface area contributed by atoms with Gasteiger partial charge in [0.15, 0.2) is 0 Å². The monoisotopic (exact) mass is 314 g/mol. The van der Waals surface area contributed by atoms with Crippen molar-refractivity contribution < 1.29 is 9.90 Å². The molecule has 1 rings (SSSR count). The molecule has 2 N–H and O–H groups in total. The van der Waals surface area contributed by atoms with Crippen molar-refractivity contribution in [3.8, 4) is 0 Å². The van der Waals surface area contributed by atoms with Gasteiger partial charge in [-0.15, -0.1) is 10.2 Å². The molecule has 0 radical (unpaired) electrons. The Hall–Kier alpha value is -1.05. The summed E-state index contributed by atoms with van der Waals surface area (Å²) in [5.41, 5.74) is 0. The van der Waals surface area contributed by atoms with E-state index in [4.69, 9.17) is 0 Å². The van der Waals surface area contributed by atoms with Crippen LogP contribution in [0, 0.1) is 0 Å². The highest BCUT2D eigenvalue weighted by atomic mass is 32.1. The Kier molecular flexibility index (Phi) is 7.77. The van der Waals surface area contributed by atoms with Crippen molar-refractivity contribution in [1.29, 1.82) is 0 Å². The van der Waals surface area contributed by atoms with E-state index in [9.17, 15) is 9.90 Å². The van der Waals surface area contributed by atoms with Crippen molar-refractivity contribution in [1.82, 2.24) is 15.1 Å². The van der Waals surface area contributed by atoms with Gasteiger partial charge in [-0.3, -0.25) is 15.0 Å². The summed E-state index contributed by atoms with van der Waals surface area (Å²) in [7, 11) is 0. The van der Waals surface area contributed by atoms with Gasteiger partial charge in [-0.25, -0.2) is 0 Å². The number of hydrogen-bond acceptors (Lipinski definition) is 6. The van der Waals surface area contributed by atoms with E-state index in [0.29, 0.717) is 11.7 Å². The molecular formula is C14H26N4O2S. The minimum atomic E-state index is -0.456. The molecule has 0 aliphatic carbocycles. The van der Waals surface area contributed by atoms with Gasteiger partial charge in [0, 0.05) is 19.0 Å². The molecule has 0 aliphatic heterocycles. The van der Waals surface area contributed by atoms with Crippen LogP contribution in [0.2, 0.25) is 0 Å². The van der Waals surface area contributed by atoms with Gasteiger partial charge < -0.3 is 5.11 Å². The number of aryl methyl sites for hydroxylation is 1. The zero-order valence-electron chi connectivity index (χ0n) is 13.3. The number of rotatable bonds is 9. The van der Waals surface area contributed by atoms with Crippen LogP contribution in [0.15, 0.2) is 0 Å². The maximum atomic E-state index is 12.0. The molecule has 1 heterocycles. The summed E-state index contributed by atoms with van der Waals surface area (Å²) in [5, 5.41) is 21.8. The third-order valence-corrected chi connectivity index (χ3v) is 3.93. The Morgan fingerprint density at radius 2 is 2.10 bits per heavy atom. The second kappa shape index (κ2) is 9.07. The number of carbonyl (C=O) groups is 1. The van der Waals surface area contributed by atoms with Crippen molar-refractivity contribution in [3.63, 3.8) is 0 Å². The first kappa shape index (κ1) is 18.0. The topological polar surface area (TPSA) is 78.4 Å². The molecule has 1 aromatic heterocycles. The van der Waals surface area contributed by atoms with Crippen molar-refractivity contribution in [3.05, 3.63) is 5.01 Å². The van der Waals surface area contributed by atoms with E-state index in [1.807, 2.05) is 18.7 Å². The van der Waals surface area contributed by atoms with Crippen LogP contribution < -0.4 is 5.32 Å². The summed E-state index contributed by atoms with van der Waals surface area (Å²) in [6.45, 7) is 8.58. The summed E-state index contributed by atoms with van der Waals surface area (Å²) in [6.07, 6.45) is 2.65. The molecule has 0 aliphatic rings. The van der Waals surface area contributed by atoms with Crippen molar-refractivity contribution in [2.75, 3.05) is 18.4 Å². The Labute approximate surface area is 130 Å². The third kappa shape index (κ3) is 6.97. The van der Waals surface area contributed by atoms with E-state index in [1.54, 1.807) is 6.92 Å². The number of unbranched alkanes of at least 4 members (excludes halogenated alkanes) is 1. The number of aliphatic hydroxyl groups excluding tert-OH is 1. The molecule has 0 bridgehead atoms. The fourth-order valence-corrected chi connectivity index (χ4v) is 2.67. The number of aliphatic hydroxyl groups is 1. The fraction of sp³-hybridized carbons (Fsp3) is 0.786. The molecule has 0 saturated carbocycles. The molecule has 1 aromatic rings. The first-order valence-electron chi connectivity index (χ1n) is 7.46. The molecule has 6 nitrogen and oxygen atoms in total. The van der Waals surface area contributed by atoms with Crippen molar-refractivity contribution in [2.45, 2.75) is 59.1 Å². The SMILES string of the molecule is CCCCc1nnc(NC(=O)CN(CC(C)O)C(C)C)s1. The molecular weight excluding hydrogens is 288 g/mol. The highest BCUT2D eigenvalue weighted by Gasteiger charge is 2.17. The van der Waals surface area contributed by atoms with Gasteiger partial charge in [0.05, 0.1) is 12.6 Å². The van der Waals surface area contributed by atoms with Gasteiger partial charge in [-0.1, -0.05) is 24.7 Å². The third-order valence-electron chi connectivity index (χ3n) is 3.03. The van der Waals surface area contributed by atoms with E-state index >= 15 is 0 Å². The normalized spacial score (nSPS) is 12.9. The van der Waals surface area contributed by atoms with E-state index in [1.165, 1.54) is 11.3 Å². The zero-order valence-corrected chi connectivity index (χ0v) is 14.1. The van der Waals surface area contributed by atoms with Crippen LogP contribution in [0.4, 0.5) is 5.13 Å². The van der Waals surface area contributed by atoms with Crippen LogP contribution in [-0.2, 0) is 11.2 Å². The highest BCUT2D eigenvalue weighted by Crippen LogP contribution is 2.17. The Morgan fingerprint density at radius 3 is 2.67 bits per heavy atom. The molecule has 1 amide bonds. The Bertz CT molecular complexity index is 434. The number of hydrogen-bond donors (Lipinski definition) is 2. The van der Waals surface area contributed by atoms with Crippen LogP contribution in [0.1, 0.15) is 45.5 Å². The van der Waals surface area contributed by atoms with Gasteiger partial charge in [-0.05, 0) is 27.2 Å². The molecule has 120 valence electrons. The fourth-order valence-electron chi connectivity index (χ4n) is 1.87. The number of anilines is 1. The predicted octanol–water partition coefficient (Wildman–Crippen LogP) is 1.91. The first-order valence-corrected chi connectivity index (χ1v) is 8.28. The molecule has 0 fully saturated rings. The first-order chi connectivity index (χ1) is 9.92. The number of amides is 1. The van der Waals surface area contributed by atoms with E-state index in [0.717, 1.165) is 24.3 Å². The lowest BCUT2D eigenvalue weighted by atomic mass is 10.2. The minimum Gasteiger partial charge on any atom is -0.392 e. The smallest absolute Gasteiger partial charge is 0.240 e. The molecule has 1 unspecified atom stereocenters. The summed E-state index contributed by atoms with van der Waals surface area (Å²) >= 11 is 1.43. The number of nitrogens with one attached hydrogen (secondary N) is 1. The second-order valence-electron chi connectivity index (χ2n) is 5.52. The number of nitrogens with zero attached hydrogens (tertiary/aromatic N) is 3. The average molecular weight is 314 g/mol. The van der Waals surface area contributed by atoms with Gasteiger partial charge in [0.1, 0.15) is 5.01 Å². The standard InChI is InChI=1S/C14H26N4O2S/c1-5-6-7-13-16-17-14(21-13)15-12(20)9-18(10(2)3)8-11(4)19/h10-11,19H,5-9H2,1-4H3,(H,15,17,20). The molecule has 1 atom stereocenters. The van der Waals surface area contributed by atoms with Crippen LogP contribution in [0.5, 0.6) is 0 Å². The Morgan fingerprint density at radius 1 is 1.38 bits per heavy atom. The molecule has 7 heteroatoms. The van der Waals surface area contributed by atoms with E-state index in [2.05, 4.69) is 22.4 Å². The predicted molar refractivity (Wildman–Crippen MR) is 85.5 cm³/mol. The van der Waals surface area contributed by atoms with Crippen LogP contribution in [-0.4, -0.2) is 51.3 Å².